The van der Waals surface area contributed by atoms with Crippen LogP contribution in [-0.2, 0) is 6.54 Å². The minimum Gasteiger partial charge on any atom is -0.388 e. The van der Waals surface area contributed by atoms with Crippen LogP contribution in [0.1, 0.15) is 30.6 Å². The van der Waals surface area contributed by atoms with E-state index >= 15 is 0 Å². The van der Waals surface area contributed by atoms with Gasteiger partial charge in [0.2, 0.25) is 0 Å². The Balaban J connectivity index is 2.11. The van der Waals surface area contributed by atoms with E-state index in [-0.39, 0.29) is 5.82 Å². The molecule has 1 N–H and O–H groups in total. The predicted molar refractivity (Wildman–Crippen MR) is 63.0 cm³/mol. The molecule has 1 aromatic heterocycles. The third-order valence-corrected chi connectivity index (χ3v) is 2.66. The Kier molecular flexibility index (Phi) is 3.54. The van der Waals surface area contributed by atoms with Gasteiger partial charge in [-0.25, -0.2) is 4.39 Å². The second kappa shape index (κ2) is 5.10. The molecule has 3 nitrogen and oxygen atoms in total. The highest BCUT2D eigenvalue weighted by atomic mass is 19.1. The summed E-state index contributed by atoms with van der Waals surface area (Å²) in [5.74, 6) is -0.247. The van der Waals surface area contributed by atoms with Crippen LogP contribution in [0.15, 0.2) is 36.7 Å². The van der Waals surface area contributed by atoms with Crippen molar-refractivity contribution in [2.45, 2.75) is 26.0 Å². The monoisotopic (exact) mass is 234 g/mol. The molecule has 0 saturated heterocycles. The highest BCUT2D eigenvalue weighted by molar-refractivity contribution is 5.17. The molecule has 1 unspecified atom stereocenters. The largest absolute Gasteiger partial charge is 0.388 e. The van der Waals surface area contributed by atoms with Gasteiger partial charge in [0, 0.05) is 11.8 Å². The maximum absolute atomic E-state index is 13.0. The van der Waals surface area contributed by atoms with Crippen LogP contribution in [0.2, 0.25) is 0 Å². The normalized spacial score (nSPS) is 12.6. The average Bonchev–Trinajstić information content (AvgIpc) is 2.76. The second-order valence-corrected chi connectivity index (χ2v) is 4.03. The van der Waals surface area contributed by atoms with E-state index in [1.165, 1.54) is 12.1 Å². The van der Waals surface area contributed by atoms with Crippen LogP contribution in [0.4, 0.5) is 4.39 Å². The highest BCUT2D eigenvalue weighted by Gasteiger charge is 2.07. The molecular weight excluding hydrogens is 219 g/mol. The fraction of sp³-hybridized carbons (Fsp3) is 0.308. The predicted octanol–water partition coefficient (Wildman–Crippen LogP) is 2.51. The van der Waals surface area contributed by atoms with Crippen LogP contribution in [0.3, 0.4) is 0 Å². The van der Waals surface area contributed by atoms with E-state index in [4.69, 9.17) is 0 Å². The van der Waals surface area contributed by atoms with Crippen LogP contribution in [0, 0.1) is 5.82 Å². The zero-order chi connectivity index (χ0) is 12.3. The van der Waals surface area contributed by atoms with Gasteiger partial charge in [-0.3, -0.25) is 4.68 Å². The number of halogens is 1. The molecule has 4 heteroatoms. The van der Waals surface area contributed by atoms with Crippen molar-refractivity contribution in [3.63, 3.8) is 0 Å². The number of nitrogens with zero attached hydrogens (tertiary/aromatic N) is 2. The SMILES string of the molecule is CCC(O)c1cnn(Cc2cccc(F)c2)c1. The van der Waals surface area contributed by atoms with E-state index in [1.807, 2.05) is 13.0 Å². The first-order valence-corrected chi connectivity index (χ1v) is 5.64. The molecule has 0 spiro atoms. The van der Waals surface area contributed by atoms with E-state index in [9.17, 15) is 9.50 Å². The van der Waals surface area contributed by atoms with Gasteiger partial charge in [0.25, 0.3) is 0 Å². The van der Waals surface area contributed by atoms with Gasteiger partial charge in [-0.15, -0.1) is 0 Å². The second-order valence-electron chi connectivity index (χ2n) is 4.03. The van der Waals surface area contributed by atoms with Crippen molar-refractivity contribution < 1.29 is 9.50 Å². The van der Waals surface area contributed by atoms with E-state index in [0.717, 1.165) is 11.1 Å². The molecule has 2 aromatic rings. The first-order valence-electron chi connectivity index (χ1n) is 5.64. The van der Waals surface area contributed by atoms with Gasteiger partial charge in [0.15, 0.2) is 0 Å². The Morgan fingerprint density at radius 2 is 2.29 bits per heavy atom. The van der Waals surface area contributed by atoms with Crippen molar-refractivity contribution in [3.8, 4) is 0 Å². The van der Waals surface area contributed by atoms with Crippen molar-refractivity contribution in [1.82, 2.24) is 9.78 Å². The molecule has 90 valence electrons. The summed E-state index contributed by atoms with van der Waals surface area (Å²) >= 11 is 0. The molecule has 2 rings (SSSR count). The van der Waals surface area contributed by atoms with Crippen LogP contribution in [0.5, 0.6) is 0 Å². The molecule has 0 amide bonds. The molecule has 0 aliphatic carbocycles. The Hall–Kier alpha value is -1.68. The minimum absolute atomic E-state index is 0.247. The van der Waals surface area contributed by atoms with Crippen LogP contribution in [0.25, 0.3) is 0 Å². The lowest BCUT2D eigenvalue weighted by Crippen LogP contribution is -2.00. The molecule has 0 fully saturated rings. The summed E-state index contributed by atoms with van der Waals surface area (Å²) in [7, 11) is 0. The summed E-state index contributed by atoms with van der Waals surface area (Å²) in [6.45, 7) is 2.42. The topological polar surface area (TPSA) is 38.1 Å². The Morgan fingerprint density at radius 3 is 3.00 bits per heavy atom. The summed E-state index contributed by atoms with van der Waals surface area (Å²) in [6, 6.07) is 6.42. The van der Waals surface area contributed by atoms with Crippen molar-refractivity contribution in [2.24, 2.45) is 0 Å². The first-order chi connectivity index (χ1) is 8.19. The van der Waals surface area contributed by atoms with Gasteiger partial charge in [0.1, 0.15) is 5.82 Å². The van der Waals surface area contributed by atoms with Gasteiger partial charge >= 0.3 is 0 Å². The molecule has 0 bridgehead atoms. The number of aliphatic hydroxyl groups excluding tert-OH is 1. The van der Waals surface area contributed by atoms with Gasteiger partial charge in [-0.1, -0.05) is 19.1 Å². The lowest BCUT2D eigenvalue weighted by atomic mass is 10.1. The van der Waals surface area contributed by atoms with Crippen LogP contribution < -0.4 is 0 Å². The van der Waals surface area contributed by atoms with Crippen LogP contribution in [-0.4, -0.2) is 14.9 Å². The number of aliphatic hydroxyl groups is 1. The molecular formula is C13H15FN2O. The van der Waals surface area contributed by atoms with Crippen LogP contribution >= 0.6 is 0 Å². The summed E-state index contributed by atoms with van der Waals surface area (Å²) in [6.07, 6.45) is 3.62. The van der Waals surface area contributed by atoms with Gasteiger partial charge in [-0.2, -0.15) is 5.10 Å². The lowest BCUT2D eigenvalue weighted by Gasteiger charge is -2.03. The number of benzene rings is 1. The highest BCUT2D eigenvalue weighted by Crippen LogP contribution is 2.15. The standard InChI is InChI=1S/C13H15FN2O/c1-2-13(17)11-7-15-16(9-11)8-10-4-3-5-12(14)6-10/h3-7,9,13,17H,2,8H2,1H3. The van der Waals surface area contributed by atoms with Crippen molar-refractivity contribution >= 4 is 0 Å². The molecule has 0 aliphatic heterocycles. The molecule has 0 radical (unpaired) electrons. The number of hydrogen-bond donors (Lipinski definition) is 1. The summed E-state index contributed by atoms with van der Waals surface area (Å²) in [4.78, 5) is 0. The summed E-state index contributed by atoms with van der Waals surface area (Å²) in [5, 5.41) is 13.8. The van der Waals surface area contributed by atoms with Crippen molar-refractivity contribution in [2.75, 3.05) is 0 Å². The Morgan fingerprint density at radius 1 is 1.47 bits per heavy atom. The van der Waals surface area contributed by atoms with Gasteiger partial charge in [0.05, 0.1) is 18.8 Å². The maximum atomic E-state index is 13.0. The number of aromatic nitrogens is 2. The lowest BCUT2D eigenvalue weighted by molar-refractivity contribution is 0.173. The molecule has 17 heavy (non-hydrogen) atoms. The third kappa shape index (κ3) is 2.91. The smallest absolute Gasteiger partial charge is 0.123 e. The quantitative estimate of drug-likeness (QED) is 0.882. The third-order valence-electron chi connectivity index (χ3n) is 2.66. The van der Waals surface area contributed by atoms with Gasteiger partial charge < -0.3 is 5.11 Å². The van der Waals surface area contributed by atoms with E-state index in [2.05, 4.69) is 5.10 Å². The van der Waals surface area contributed by atoms with Gasteiger partial charge in [-0.05, 0) is 24.1 Å². The Labute approximate surface area is 99.5 Å². The van der Waals surface area contributed by atoms with E-state index < -0.39 is 6.10 Å². The molecule has 1 heterocycles. The fourth-order valence-electron chi connectivity index (χ4n) is 1.70. The maximum Gasteiger partial charge on any atom is 0.123 e. The minimum atomic E-state index is -0.476. The number of hydrogen-bond acceptors (Lipinski definition) is 2. The fourth-order valence-corrected chi connectivity index (χ4v) is 1.70. The summed E-state index contributed by atoms with van der Waals surface area (Å²) < 4.78 is 14.7. The molecule has 0 aliphatic rings. The molecule has 0 saturated carbocycles. The summed E-state index contributed by atoms with van der Waals surface area (Å²) in [5.41, 5.74) is 1.65. The first kappa shape index (κ1) is 11.8. The Bertz CT molecular complexity index is 496. The zero-order valence-electron chi connectivity index (χ0n) is 9.68. The zero-order valence-corrected chi connectivity index (χ0v) is 9.68. The van der Waals surface area contributed by atoms with Crippen molar-refractivity contribution in [3.05, 3.63) is 53.6 Å². The van der Waals surface area contributed by atoms with E-state index in [1.54, 1.807) is 23.1 Å². The molecule has 1 atom stereocenters. The molecule has 1 aromatic carbocycles. The average molecular weight is 234 g/mol. The van der Waals surface area contributed by atoms with E-state index in [0.29, 0.717) is 13.0 Å². The van der Waals surface area contributed by atoms with Crippen molar-refractivity contribution in [1.29, 1.82) is 0 Å². The number of rotatable bonds is 4.